The van der Waals surface area contributed by atoms with Crippen molar-refractivity contribution in [3.05, 3.63) is 64.2 Å². The summed E-state index contributed by atoms with van der Waals surface area (Å²) < 4.78 is 0. The lowest BCUT2D eigenvalue weighted by atomic mass is 9.93. The monoisotopic (exact) mass is 394 g/mol. The van der Waals surface area contributed by atoms with Gasteiger partial charge in [-0.25, -0.2) is 0 Å². The van der Waals surface area contributed by atoms with Crippen molar-refractivity contribution in [2.45, 2.75) is 53.1 Å². The highest BCUT2D eigenvalue weighted by Gasteiger charge is 2.13. The van der Waals surface area contributed by atoms with Crippen molar-refractivity contribution >= 4 is 18.0 Å². The van der Waals surface area contributed by atoms with Crippen molar-refractivity contribution in [1.29, 1.82) is 0 Å². The van der Waals surface area contributed by atoms with E-state index in [0.717, 1.165) is 33.4 Å². The fourth-order valence-electron chi connectivity index (χ4n) is 3.14. The van der Waals surface area contributed by atoms with E-state index in [4.69, 9.17) is 10.8 Å². The minimum atomic E-state index is -0.999. The van der Waals surface area contributed by atoms with Crippen LogP contribution in [0.15, 0.2) is 42.0 Å². The standard InChI is InChI=1S/C24H30N2O3/c1-14(2)26-23(27)17(5)11-20-10-16(4)21(12-15(20)3)19-8-6-18(7-9-19)13-22(25)24(28)29/h6-12,14,22H,13,25H2,1-5H3,(H,26,27)(H,28,29)/b17-11+. The Hall–Kier alpha value is -2.92. The van der Waals surface area contributed by atoms with Gasteiger partial charge in [-0.05, 0) is 80.5 Å². The number of aliphatic carboxylic acids is 1. The van der Waals surface area contributed by atoms with Crippen LogP contribution in [-0.4, -0.2) is 29.1 Å². The van der Waals surface area contributed by atoms with Crippen LogP contribution < -0.4 is 11.1 Å². The van der Waals surface area contributed by atoms with E-state index in [1.165, 1.54) is 0 Å². The zero-order valence-corrected chi connectivity index (χ0v) is 17.7. The van der Waals surface area contributed by atoms with E-state index >= 15 is 0 Å². The zero-order valence-electron chi connectivity index (χ0n) is 17.7. The average molecular weight is 395 g/mol. The number of nitrogens with two attached hydrogens (primary N) is 1. The van der Waals surface area contributed by atoms with Gasteiger partial charge in [0.25, 0.3) is 0 Å². The van der Waals surface area contributed by atoms with Crippen LogP contribution in [0.1, 0.15) is 43.0 Å². The molecule has 0 bridgehead atoms. The Labute approximate surface area is 172 Å². The quantitative estimate of drug-likeness (QED) is 0.622. The van der Waals surface area contributed by atoms with Crippen LogP contribution in [0.3, 0.4) is 0 Å². The largest absolute Gasteiger partial charge is 0.480 e. The van der Waals surface area contributed by atoms with Gasteiger partial charge < -0.3 is 16.2 Å². The summed E-state index contributed by atoms with van der Waals surface area (Å²) in [6, 6.07) is 11.2. The summed E-state index contributed by atoms with van der Waals surface area (Å²) in [5, 5.41) is 11.9. The Bertz CT molecular complexity index is 928. The highest BCUT2D eigenvalue weighted by atomic mass is 16.4. The van der Waals surface area contributed by atoms with Gasteiger partial charge in [0.05, 0.1) is 0 Å². The molecule has 0 aromatic heterocycles. The summed E-state index contributed by atoms with van der Waals surface area (Å²) in [6.07, 6.45) is 2.22. The van der Waals surface area contributed by atoms with Gasteiger partial charge in [0, 0.05) is 11.6 Å². The van der Waals surface area contributed by atoms with Crippen molar-refractivity contribution in [3.8, 4) is 11.1 Å². The summed E-state index contributed by atoms with van der Waals surface area (Å²) in [5.41, 5.74) is 12.6. The van der Waals surface area contributed by atoms with Crippen LogP contribution in [0, 0.1) is 13.8 Å². The summed E-state index contributed by atoms with van der Waals surface area (Å²) >= 11 is 0. The van der Waals surface area contributed by atoms with Crippen LogP contribution in [0.4, 0.5) is 0 Å². The van der Waals surface area contributed by atoms with E-state index in [9.17, 15) is 9.59 Å². The molecule has 1 atom stereocenters. The smallest absolute Gasteiger partial charge is 0.320 e. The third kappa shape index (κ3) is 6.03. The number of aryl methyl sites for hydroxylation is 2. The average Bonchev–Trinajstić information content (AvgIpc) is 2.64. The molecule has 1 amide bonds. The molecular weight excluding hydrogens is 364 g/mol. The molecule has 0 radical (unpaired) electrons. The topological polar surface area (TPSA) is 92.4 Å². The van der Waals surface area contributed by atoms with Crippen molar-refractivity contribution in [1.82, 2.24) is 5.32 Å². The van der Waals surface area contributed by atoms with E-state index in [0.29, 0.717) is 12.0 Å². The first-order valence-electron chi connectivity index (χ1n) is 9.76. The molecule has 0 fully saturated rings. The van der Waals surface area contributed by atoms with Gasteiger partial charge in [0.1, 0.15) is 6.04 Å². The number of amides is 1. The van der Waals surface area contributed by atoms with E-state index < -0.39 is 12.0 Å². The van der Waals surface area contributed by atoms with E-state index in [1.54, 1.807) is 0 Å². The second-order valence-electron chi connectivity index (χ2n) is 7.83. The van der Waals surface area contributed by atoms with Crippen LogP contribution >= 0.6 is 0 Å². The first-order chi connectivity index (χ1) is 13.6. The molecular formula is C24H30N2O3. The number of hydrogen-bond acceptors (Lipinski definition) is 3. The lowest BCUT2D eigenvalue weighted by Crippen LogP contribution is -2.32. The number of carboxylic acid groups (broad SMARTS) is 1. The van der Waals surface area contributed by atoms with Crippen LogP contribution in [-0.2, 0) is 16.0 Å². The second kappa shape index (κ2) is 9.52. The summed E-state index contributed by atoms with van der Waals surface area (Å²) in [6.45, 7) is 9.78. The lowest BCUT2D eigenvalue weighted by molar-refractivity contribution is -0.138. The predicted molar refractivity (Wildman–Crippen MR) is 118 cm³/mol. The van der Waals surface area contributed by atoms with Gasteiger partial charge >= 0.3 is 5.97 Å². The molecule has 0 aliphatic carbocycles. The molecule has 0 aliphatic rings. The van der Waals surface area contributed by atoms with Crippen molar-refractivity contribution in [3.63, 3.8) is 0 Å². The maximum Gasteiger partial charge on any atom is 0.320 e. The van der Waals surface area contributed by atoms with E-state index in [2.05, 4.69) is 17.4 Å². The van der Waals surface area contributed by atoms with E-state index in [-0.39, 0.29) is 11.9 Å². The number of benzene rings is 2. The summed E-state index contributed by atoms with van der Waals surface area (Å²) in [5.74, 6) is -1.06. The Morgan fingerprint density at radius 1 is 1.10 bits per heavy atom. The second-order valence-corrected chi connectivity index (χ2v) is 7.83. The predicted octanol–water partition coefficient (Wildman–Crippen LogP) is 3.85. The van der Waals surface area contributed by atoms with Gasteiger partial charge in [0.2, 0.25) is 5.91 Å². The highest BCUT2D eigenvalue weighted by Crippen LogP contribution is 2.28. The molecule has 2 aromatic carbocycles. The van der Waals surface area contributed by atoms with Crippen molar-refractivity contribution in [2.24, 2.45) is 5.73 Å². The molecule has 1 unspecified atom stereocenters. The van der Waals surface area contributed by atoms with Crippen LogP contribution in [0.25, 0.3) is 17.2 Å². The van der Waals surface area contributed by atoms with E-state index in [1.807, 2.05) is 65.0 Å². The number of carbonyl (C=O) groups excluding carboxylic acids is 1. The molecule has 154 valence electrons. The Kier molecular flexibility index (Phi) is 7.35. The zero-order chi connectivity index (χ0) is 21.7. The maximum atomic E-state index is 12.2. The molecule has 0 saturated carbocycles. The van der Waals surface area contributed by atoms with Gasteiger partial charge in [-0.1, -0.05) is 36.4 Å². The number of rotatable bonds is 7. The molecule has 4 N–H and O–H groups in total. The number of carbonyl (C=O) groups is 2. The fourth-order valence-corrected chi connectivity index (χ4v) is 3.14. The molecule has 2 aromatic rings. The third-order valence-electron chi connectivity index (χ3n) is 4.80. The van der Waals surface area contributed by atoms with Gasteiger partial charge in [-0.15, -0.1) is 0 Å². The van der Waals surface area contributed by atoms with Crippen LogP contribution in [0.2, 0.25) is 0 Å². The number of carboxylic acids is 1. The van der Waals surface area contributed by atoms with Gasteiger partial charge in [-0.2, -0.15) is 0 Å². The normalized spacial score (nSPS) is 12.7. The Morgan fingerprint density at radius 3 is 2.28 bits per heavy atom. The van der Waals surface area contributed by atoms with Crippen molar-refractivity contribution < 1.29 is 14.7 Å². The molecule has 5 heteroatoms. The minimum absolute atomic E-state index is 0.0590. The number of nitrogens with one attached hydrogen (secondary N) is 1. The fraction of sp³-hybridized carbons (Fsp3) is 0.333. The molecule has 0 heterocycles. The molecule has 29 heavy (non-hydrogen) atoms. The molecule has 0 spiro atoms. The minimum Gasteiger partial charge on any atom is -0.480 e. The molecule has 2 rings (SSSR count). The molecule has 0 aliphatic heterocycles. The van der Waals surface area contributed by atoms with Crippen LogP contribution in [0.5, 0.6) is 0 Å². The van der Waals surface area contributed by atoms with Gasteiger partial charge in [0.15, 0.2) is 0 Å². The van der Waals surface area contributed by atoms with Gasteiger partial charge in [-0.3, -0.25) is 9.59 Å². The third-order valence-corrected chi connectivity index (χ3v) is 4.80. The maximum absolute atomic E-state index is 12.2. The number of hydrogen-bond donors (Lipinski definition) is 3. The first kappa shape index (κ1) is 22.4. The van der Waals surface area contributed by atoms with Crippen molar-refractivity contribution in [2.75, 3.05) is 0 Å². The molecule has 0 saturated heterocycles. The Morgan fingerprint density at radius 2 is 1.72 bits per heavy atom. The lowest BCUT2D eigenvalue weighted by Gasteiger charge is -2.13. The first-order valence-corrected chi connectivity index (χ1v) is 9.76. The Balaban J connectivity index is 2.27. The summed E-state index contributed by atoms with van der Waals surface area (Å²) in [7, 11) is 0. The highest BCUT2D eigenvalue weighted by molar-refractivity contribution is 5.97. The SMILES string of the molecule is C/C(=C\c1cc(C)c(-c2ccc(CC(N)C(=O)O)cc2)cc1C)C(=O)NC(C)C. The molecule has 5 nitrogen and oxygen atoms in total. The summed E-state index contributed by atoms with van der Waals surface area (Å²) in [4.78, 5) is 23.1.